The standard InChI is InChI=1S/C18H14N4O3S/c1-10(16(23)21-13-5-3-2-4-12(13)9-19)25-17(24)11-6-7-14-15(8-11)26-18(20)22-14/h2-8,10H,1H3,(H2,20,22)(H,21,23). The molecule has 130 valence electrons. The molecule has 0 radical (unpaired) electrons. The first-order chi connectivity index (χ1) is 12.5. The summed E-state index contributed by atoms with van der Waals surface area (Å²) >= 11 is 1.26. The Morgan fingerprint density at radius 3 is 2.85 bits per heavy atom. The van der Waals surface area contributed by atoms with E-state index in [0.717, 1.165) is 4.70 Å². The van der Waals surface area contributed by atoms with E-state index in [2.05, 4.69) is 10.3 Å². The van der Waals surface area contributed by atoms with Crippen molar-refractivity contribution < 1.29 is 14.3 Å². The van der Waals surface area contributed by atoms with E-state index in [1.807, 2.05) is 6.07 Å². The normalized spacial score (nSPS) is 11.5. The molecule has 0 saturated heterocycles. The van der Waals surface area contributed by atoms with E-state index in [1.165, 1.54) is 18.3 Å². The molecular weight excluding hydrogens is 352 g/mol. The van der Waals surface area contributed by atoms with Crippen LogP contribution in [0.2, 0.25) is 0 Å². The number of nitrogens with one attached hydrogen (secondary N) is 1. The number of nitrogens with zero attached hydrogens (tertiary/aromatic N) is 2. The first-order valence-corrected chi connectivity index (χ1v) is 8.46. The molecule has 3 rings (SSSR count). The van der Waals surface area contributed by atoms with Gasteiger partial charge in [0.05, 0.1) is 27.0 Å². The van der Waals surface area contributed by atoms with Gasteiger partial charge in [-0.3, -0.25) is 4.79 Å². The van der Waals surface area contributed by atoms with Crippen LogP contribution in [0.25, 0.3) is 10.2 Å². The number of aromatic nitrogens is 1. The summed E-state index contributed by atoms with van der Waals surface area (Å²) < 4.78 is 5.98. The fourth-order valence-electron chi connectivity index (χ4n) is 2.28. The van der Waals surface area contributed by atoms with E-state index in [9.17, 15) is 9.59 Å². The second-order valence-corrected chi connectivity index (χ2v) is 6.49. The maximum atomic E-state index is 12.3. The molecule has 0 fully saturated rings. The molecule has 7 nitrogen and oxygen atoms in total. The number of hydrogen-bond donors (Lipinski definition) is 2. The number of carbonyl (C=O) groups is 2. The van der Waals surface area contributed by atoms with E-state index < -0.39 is 18.0 Å². The number of thiazole rings is 1. The van der Waals surface area contributed by atoms with Crippen LogP contribution in [-0.2, 0) is 9.53 Å². The average molecular weight is 366 g/mol. The zero-order chi connectivity index (χ0) is 18.7. The molecule has 0 spiro atoms. The first-order valence-electron chi connectivity index (χ1n) is 7.65. The van der Waals surface area contributed by atoms with Gasteiger partial charge >= 0.3 is 5.97 Å². The number of carbonyl (C=O) groups excluding carboxylic acids is 2. The molecule has 0 saturated carbocycles. The van der Waals surface area contributed by atoms with Gasteiger partial charge in [-0.2, -0.15) is 5.26 Å². The smallest absolute Gasteiger partial charge is 0.338 e. The Morgan fingerprint density at radius 1 is 1.31 bits per heavy atom. The van der Waals surface area contributed by atoms with Gasteiger partial charge in [-0.15, -0.1) is 0 Å². The fourth-order valence-corrected chi connectivity index (χ4v) is 3.05. The molecule has 26 heavy (non-hydrogen) atoms. The molecule has 0 bridgehead atoms. The number of hydrogen-bond acceptors (Lipinski definition) is 7. The summed E-state index contributed by atoms with van der Waals surface area (Å²) in [6, 6.07) is 13.4. The number of nitrogens with two attached hydrogens (primary N) is 1. The van der Waals surface area contributed by atoms with E-state index in [1.54, 1.807) is 42.5 Å². The van der Waals surface area contributed by atoms with E-state index in [4.69, 9.17) is 15.7 Å². The minimum atomic E-state index is -1.03. The number of amides is 1. The van der Waals surface area contributed by atoms with Gasteiger partial charge in [-0.25, -0.2) is 9.78 Å². The summed E-state index contributed by atoms with van der Waals surface area (Å²) in [7, 11) is 0. The molecule has 1 aromatic heterocycles. The van der Waals surface area contributed by atoms with Crippen molar-refractivity contribution in [2.24, 2.45) is 0 Å². The third kappa shape index (κ3) is 3.63. The summed E-state index contributed by atoms with van der Waals surface area (Å²) in [5, 5.41) is 12.1. The second-order valence-electron chi connectivity index (χ2n) is 5.43. The third-order valence-electron chi connectivity index (χ3n) is 3.60. The first kappa shape index (κ1) is 17.4. The van der Waals surface area contributed by atoms with Gasteiger partial charge < -0.3 is 15.8 Å². The number of rotatable bonds is 4. The number of benzene rings is 2. The lowest BCUT2D eigenvalue weighted by atomic mass is 10.2. The summed E-state index contributed by atoms with van der Waals surface area (Å²) in [4.78, 5) is 28.6. The van der Waals surface area contributed by atoms with Crippen molar-refractivity contribution in [1.82, 2.24) is 4.98 Å². The Morgan fingerprint density at radius 2 is 2.08 bits per heavy atom. The predicted octanol–water partition coefficient (Wildman–Crippen LogP) is 2.93. The van der Waals surface area contributed by atoms with E-state index in [0.29, 0.717) is 27.5 Å². The Bertz CT molecular complexity index is 1040. The molecule has 2 aromatic carbocycles. The van der Waals surface area contributed by atoms with Crippen LogP contribution < -0.4 is 11.1 Å². The quantitative estimate of drug-likeness (QED) is 0.685. The highest BCUT2D eigenvalue weighted by Crippen LogP contribution is 2.25. The van der Waals surface area contributed by atoms with Crippen LogP contribution in [0.1, 0.15) is 22.8 Å². The SMILES string of the molecule is CC(OC(=O)c1ccc2nc(N)sc2c1)C(=O)Nc1ccccc1C#N. The molecule has 3 N–H and O–H groups in total. The Labute approximate surface area is 153 Å². The topological polar surface area (TPSA) is 118 Å². The number of nitriles is 1. The van der Waals surface area contributed by atoms with Crippen molar-refractivity contribution in [3.05, 3.63) is 53.6 Å². The fraction of sp³-hybridized carbons (Fsp3) is 0.111. The van der Waals surface area contributed by atoms with Gasteiger partial charge in [0.1, 0.15) is 6.07 Å². The van der Waals surface area contributed by atoms with Crippen LogP contribution in [0.15, 0.2) is 42.5 Å². The van der Waals surface area contributed by atoms with Crippen LogP contribution in [0.4, 0.5) is 10.8 Å². The number of nitrogen functional groups attached to an aromatic ring is 1. The summed E-state index contributed by atoms with van der Waals surface area (Å²) in [6.45, 7) is 1.46. The second kappa shape index (κ2) is 7.21. The highest BCUT2D eigenvalue weighted by atomic mass is 32.1. The van der Waals surface area contributed by atoms with E-state index >= 15 is 0 Å². The number of ether oxygens (including phenoxy) is 1. The maximum Gasteiger partial charge on any atom is 0.338 e. The van der Waals surface area contributed by atoms with Gasteiger partial charge in [0.25, 0.3) is 5.91 Å². The molecule has 0 aliphatic rings. The van der Waals surface area contributed by atoms with Crippen LogP contribution in [0.5, 0.6) is 0 Å². The third-order valence-corrected chi connectivity index (χ3v) is 4.45. The van der Waals surface area contributed by atoms with Gasteiger partial charge in [-0.1, -0.05) is 23.5 Å². The van der Waals surface area contributed by atoms with Crippen LogP contribution in [0.3, 0.4) is 0 Å². The highest BCUT2D eigenvalue weighted by molar-refractivity contribution is 7.22. The van der Waals surface area contributed by atoms with Crippen LogP contribution in [-0.4, -0.2) is 23.0 Å². The van der Waals surface area contributed by atoms with Gasteiger partial charge in [0.15, 0.2) is 11.2 Å². The molecule has 1 heterocycles. The van der Waals surface area contributed by atoms with Crippen LogP contribution >= 0.6 is 11.3 Å². The summed E-state index contributed by atoms with van der Waals surface area (Å²) in [5.74, 6) is -1.15. The van der Waals surface area contributed by atoms with Crippen molar-refractivity contribution in [1.29, 1.82) is 5.26 Å². The number of anilines is 2. The Hall–Kier alpha value is -3.44. The van der Waals surface area contributed by atoms with Crippen LogP contribution in [0, 0.1) is 11.3 Å². The molecule has 8 heteroatoms. The molecule has 1 atom stereocenters. The van der Waals surface area contributed by atoms with Gasteiger partial charge in [0, 0.05) is 0 Å². The zero-order valence-corrected chi connectivity index (χ0v) is 14.5. The van der Waals surface area contributed by atoms with Crippen molar-refractivity contribution in [2.45, 2.75) is 13.0 Å². The zero-order valence-electron chi connectivity index (χ0n) is 13.7. The molecule has 1 amide bonds. The van der Waals surface area contributed by atoms with E-state index in [-0.39, 0.29) is 0 Å². The van der Waals surface area contributed by atoms with Crippen molar-refractivity contribution in [3.8, 4) is 6.07 Å². The lowest BCUT2D eigenvalue weighted by Crippen LogP contribution is -2.30. The monoisotopic (exact) mass is 366 g/mol. The maximum absolute atomic E-state index is 12.3. The average Bonchev–Trinajstić information content (AvgIpc) is 3.01. The minimum Gasteiger partial charge on any atom is -0.449 e. The molecule has 0 aliphatic carbocycles. The molecule has 3 aromatic rings. The number of fused-ring (bicyclic) bond motifs is 1. The Kier molecular flexibility index (Phi) is 4.82. The summed E-state index contributed by atoms with van der Waals surface area (Å²) in [6.07, 6.45) is -1.03. The van der Waals surface area contributed by atoms with Crippen molar-refractivity contribution in [3.63, 3.8) is 0 Å². The number of para-hydroxylation sites is 1. The van der Waals surface area contributed by atoms with Gasteiger partial charge in [-0.05, 0) is 37.3 Å². The minimum absolute atomic E-state index is 0.304. The number of esters is 1. The molecular formula is C18H14N4O3S. The molecule has 1 unspecified atom stereocenters. The lowest BCUT2D eigenvalue weighted by molar-refractivity contribution is -0.123. The lowest BCUT2D eigenvalue weighted by Gasteiger charge is -2.14. The summed E-state index contributed by atoms with van der Waals surface area (Å²) in [5.41, 5.74) is 7.34. The highest BCUT2D eigenvalue weighted by Gasteiger charge is 2.20. The largest absolute Gasteiger partial charge is 0.449 e. The van der Waals surface area contributed by atoms with Gasteiger partial charge in [0.2, 0.25) is 0 Å². The Balaban J connectivity index is 1.69. The predicted molar refractivity (Wildman–Crippen MR) is 98.7 cm³/mol. The molecule has 0 aliphatic heterocycles. The van der Waals surface area contributed by atoms with Crippen molar-refractivity contribution in [2.75, 3.05) is 11.1 Å². The van der Waals surface area contributed by atoms with Crippen molar-refractivity contribution >= 4 is 44.2 Å².